The Labute approximate surface area is 175 Å². The van der Waals surface area contributed by atoms with Gasteiger partial charge in [-0.1, -0.05) is 50.5 Å². The summed E-state index contributed by atoms with van der Waals surface area (Å²) in [7, 11) is 0. The molecule has 0 aliphatic heterocycles. The SMILES string of the molecule is CC(=CC=C[C@H](C)CCC[C@@H](C)CC(=O)[C@H](O)[C@H](C)Cl)CCCc1ccoc1. The van der Waals surface area contributed by atoms with Gasteiger partial charge in [-0.25, -0.2) is 0 Å². The fraction of sp³-hybridized carbons (Fsp3) is 0.625. The molecule has 0 radical (unpaired) electrons. The van der Waals surface area contributed by atoms with Crippen molar-refractivity contribution in [3.8, 4) is 0 Å². The monoisotopic (exact) mass is 408 g/mol. The van der Waals surface area contributed by atoms with Crippen molar-refractivity contribution in [1.82, 2.24) is 0 Å². The quantitative estimate of drug-likeness (QED) is 0.282. The maximum absolute atomic E-state index is 11.9. The molecule has 0 aliphatic carbocycles. The lowest BCUT2D eigenvalue weighted by molar-refractivity contribution is -0.127. The number of carbonyl (C=O) groups excluding carboxylic acids is 1. The minimum Gasteiger partial charge on any atom is -0.472 e. The van der Waals surface area contributed by atoms with Gasteiger partial charge in [-0.2, -0.15) is 0 Å². The fourth-order valence-electron chi connectivity index (χ4n) is 3.21. The van der Waals surface area contributed by atoms with Crippen LogP contribution in [0.25, 0.3) is 0 Å². The number of aliphatic hydroxyl groups excluding tert-OH is 1. The number of carbonyl (C=O) groups is 1. The van der Waals surface area contributed by atoms with E-state index in [-0.39, 0.29) is 11.7 Å². The van der Waals surface area contributed by atoms with Gasteiger partial charge < -0.3 is 9.52 Å². The smallest absolute Gasteiger partial charge is 0.163 e. The summed E-state index contributed by atoms with van der Waals surface area (Å²) in [5.41, 5.74) is 2.66. The van der Waals surface area contributed by atoms with E-state index >= 15 is 0 Å². The lowest BCUT2D eigenvalue weighted by atomic mass is 9.93. The van der Waals surface area contributed by atoms with Crippen molar-refractivity contribution in [2.24, 2.45) is 11.8 Å². The Morgan fingerprint density at radius 3 is 2.64 bits per heavy atom. The maximum atomic E-state index is 11.9. The van der Waals surface area contributed by atoms with E-state index in [0.717, 1.165) is 38.5 Å². The van der Waals surface area contributed by atoms with E-state index in [1.165, 1.54) is 11.1 Å². The first-order valence-electron chi connectivity index (χ1n) is 10.5. The third kappa shape index (κ3) is 10.9. The van der Waals surface area contributed by atoms with Crippen LogP contribution in [0.15, 0.2) is 46.8 Å². The molecule has 0 amide bonds. The first-order chi connectivity index (χ1) is 13.3. The number of ketones is 1. The van der Waals surface area contributed by atoms with Crippen LogP contribution in [-0.2, 0) is 11.2 Å². The second-order valence-electron chi connectivity index (χ2n) is 8.19. The summed E-state index contributed by atoms with van der Waals surface area (Å²) in [6.07, 6.45) is 16.0. The largest absolute Gasteiger partial charge is 0.472 e. The van der Waals surface area contributed by atoms with Crippen LogP contribution in [0.4, 0.5) is 0 Å². The van der Waals surface area contributed by atoms with Crippen molar-refractivity contribution in [2.75, 3.05) is 0 Å². The van der Waals surface area contributed by atoms with Crippen LogP contribution in [0, 0.1) is 11.8 Å². The summed E-state index contributed by atoms with van der Waals surface area (Å²) in [5, 5.41) is 9.18. The van der Waals surface area contributed by atoms with Crippen molar-refractivity contribution in [3.63, 3.8) is 0 Å². The molecular weight excluding hydrogens is 372 g/mol. The van der Waals surface area contributed by atoms with Crippen molar-refractivity contribution in [2.45, 2.75) is 84.1 Å². The molecule has 158 valence electrons. The average Bonchev–Trinajstić information content (AvgIpc) is 3.14. The van der Waals surface area contributed by atoms with Crippen LogP contribution >= 0.6 is 11.6 Å². The van der Waals surface area contributed by atoms with Crippen molar-refractivity contribution < 1.29 is 14.3 Å². The number of halogens is 1. The molecule has 1 aromatic rings. The molecule has 4 heteroatoms. The fourth-order valence-corrected chi connectivity index (χ4v) is 3.35. The number of furan rings is 1. The van der Waals surface area contributed by atoms with Gasteiger partial charge >= 0.3 is 0 Å². The van der Waals surface area contributed by atoms with Gasteiger partial charge in [-0.3, -0.25) is 4.79 Å². The number of hydrogen-bond acceptors (Lipinski definition) is 3. The van der Waals surface area contributed by atoms with E-state index in [2.05, 4.69) is 39.0 Å². The van der Waals surface area contributed by atoms with E-state index in [9.17, 15) is 9.90 Å². The van der Waals surface area contributed by atoms with Crippen LogP contribution in [0.5, 0.6) is 0 Å². The Kier molecular flexibility index (Phi) is 12.2. The van der Waals surface area contributed by atoms with Crippen molar-refractivity contribution in [3.05, 3.63) is 48.0 Å². The minimum atomic E-state index is -1.04. The van der Waals surface area contributed by atoms with Gasteiger partial charge in [0.25, 0.3) is 0 Å². The summed E-state index contributed by atoms with van der Waals surface area (Å²) >= 11 is 5.79. The third-order valence-corrected chi connectivity index (χ3v) is 5.35. The van der Waals surface area contributed by atoms with Crippen LogP contribution in [0.3, 0.4) is 0 Å². The molecule has 0 fully saturated rings. The molecule has 1 aromatic heterocycles. The third-order valence-electron chi connectivity index (χ3n) is 5.11. The van der Waals surface area contributed by atoms with Gasteiger partial charge in [0.2, 0.25) is 0 Å². The Hall–Kier alpha value is -1.32. The lowest BCUT2D eigenvalue weighted by Gasteiger charge is -2.16. The molecule has 0 saturated carbocycles. The molecule has 0 saturated heterocycles. The second kappa shape index (κ2) is 13.8. The van der Waals surface area contributed by atoms with Crippen LogP contribution in [0.2, 0.25) is 0 Å². The van der Waals surface area contributed by atoms with Gasteiger partial charge in [0.15, 0.2) is 5.78 Å². The van der Waals surface area contributed by atoms with Gasteiger partial charge in [0.05, 0.1) is 17.9 Å². The number of aliphatic hydroxyl groups is 1. The molecule has 3 nitrogen and oxygen atoms in total. The molecular formula is C24H37ClO3. The molecule has 0 bridgehead atoms. The zero-order valence-electron chi connectivity index (χ0n) is 17.9. The number of rotatable bonds is 14. The van der Waals surface area contributed by atoms with Gasteiger partial charge in [0, 0.05) is 6.42 Å². The van der Waals surface area contributed by atoms with Crippen molar-refractivity contribution in [1.29, 1.82) is 0 Å². The minimum absolute atomic E-state index is 0.142. The molecule has 1 rings (SSSR count). The number of alkyl halides is 1. The predicted octanol–water partition coefficient (Wildman–Crippen LogP) is 6.49. The Morgan fingerprint density at radius 2 is 2.00 bits per heavy atom. The van der Waals surface area contributed by atoms with Crippen LogP contribution in [-0.4, -0.2) is 22.4 Å². The van der Waals surface area contributed by atoms with Crippen molar-refractivity contribution >= 4 is 17.4 Å². The van der Waals surface area contributed by atoms with Gasteiger partial charge in [-0.05, 0) is 63.0 Å². The Balaban J connectivity index is 2.18. The van der Waals surface area contributed by atoms with E-state index in [4.69, 9.17) is 16.0 Å². The Morgan fingerprint density at radius 1 is 1.25 bits per heavy atom. The summed E-state index contributed by atoms with van der Waals surface area (Å²) in [6, 6.07) is 2.03. The summed E-state index contributed by atoms with van der Waals surface area (Å²) < 4.78 is 5.09. The highest BCUT2D eigenvalue weighted by Crippen LogP contribution is 2.18. The first-order valence-corrected chi connectivity index (χ1v) is 10.9. The zero-order valence-corrected chi connectivity index (χ0v) is 18.6. The van der Waals surface area contributed by atoms with E-state index in [1.54, 1.807) is 13.2 Å². The molecule has 1 heterocycles. The summed E-state index contributed by atoms with van der Waals surface area (Å²) in [6.45, 7) is 8.13. The van der Waals surface area contributed by atoms with Gasteiger partial charge in [0.1, 0.15) is 6.10 Å². The molecule has 0 aromatic carbocycles. The summed E-state index contributed by atoms with van der Waals surface area (Å²) in [5.74, 6) is 0.661. The zero-order chi connectivity index (χ0) is 20.9. The average molecular weight is 409 g/mol. The molecule has 0 unspecified atom stereocenters. The number of allylic oxidation sites excluding steroid dienone is 4. The Bertz CT molecular complexity index is 601. The number of Topliss-reactive ketones (excluding diaryl/α,β-unsaturated/α-hetero) is 1. The molecule has 1 N–H and O–H groups in total. The van der Waals surface area contributed by atoms with Crippen LogP contribution in [0.1, 0.15) is 71.8 Å². The summed E-state index contributed by atoms with van der Waals surface area (Å²) in [4.78, 5) is 11.9. The topological polar surface area (TPSA) is 50.4 Å². The molecule has 0 spiro atoms. The molecule has 28 heavy (non-hydrogen) atoms. The molecule has 4 atom stereocenters. The highest BCUT2D eigenvalue weighted by atomic mass is 35.5. The van der Waals surface area contributed by atoms with E-state index in [0.29, 0.717) is 12.3 Å². The standard InChI is InChI=1S/C24H37ClO3/c1-18(10-6-12-20(3)16-23(26)24(27)21(4)25)8-5-9-19(2)11-7-13-22-14-15-28-17-22/h5,8-9,14-15,17-18,20-21,24,27H,6-7,10-13,16H2,1-4H3/t18-,20+,21-,24+/m0/s1. The first kappa shape index (κ1) is 24.7. The number of aryl methyl sites for hydroxylation is 1. The van der Waals surface area contributed by atoms with Crippen LogP contribution < -0.4 is 0 Å². The maximum Gasteiger partial charge on any atom is 0.163 e. The lowest BCUT2D eigenvalue weighted by Crippen LogP contribution is -2.29. The highest BCUT2D eigenvalue weighted by molar-refractivity contribution is 6.22. The van der Waals surface area contributed by atoms with E-state index < -0.39 is 11.5 Å². The van der Waals surface area contributed by atoms with E-state index in [1.807, 2.05) is 12.3 Å². The molecule has 0 aliphatic rings. The van der Waals surface area contributed by atoms with Gasteiger partial charge in [-0.15, -0.1) is 11.6 Å². The normalized spacial score (nSPS) is 16.9. The highest BCUT2D eigenvalue weighted by Gasteiger charge is 2.21. The number of hydrogen-bond donors (Lipinski definition) is 1. The second-order valence-corrected chi connectivity index (χ2v) is 8.88. The predicted molar refractivity (Wildman–Crippen MR) is 118 cm³/mol.